The quantitative estimate of drug-likeness (QED) is 0.298. The predicted octanol–water partition coefficient (Wildman–Crippen LogP) is -1.24. The zero-order chi connectivity index (χ0) is 15.9. The molecule has 0 spiro atoms. The van der Waals surface area contributed by atoms with Crippen molar-refractivity contribution < 1.29 is 35.0 Å². The Hall–Kier alpha value is -1.46. The van der Waals surface area contributed by atoms with Gasteiger partial charge in [-0.05, 0) is 11.6 Å². The fraction of sp³-hybridized carbons (Fsp3) is 0.333. The highest BCUT2D eigenvalue weighted by atomic mass is 16.9. The maximum Gasteiger partial charge on any atom is 0.631 e. The molecule has 0 saturated heterocycles. The molecule has 0 aliphatic heterocycles. The number of hydrogen-bond donors (Lipinski definition) is 5. The second-order valence-corrected chi connectivity index (χ2v) is 3.47. The zero-order valence-electron chi connectivity index (χ0n) is 11.4. The summed E-state index contributed by atoms with van der Waals surface area (Å²) in [6.07, 6.45) is 3.38. The summed E-state index contributed by atoms with van der Waals surface area (Å²) in [6.45, 7) is 0.0610. The fourth-order valence-electron chi connectivity index (χ4n) is 1.10. The van der Waals surface area contributed by atoms with Gasteiger partial charge in [0.1, 0.15) is 13.2 Å². The topological polar surface area (TPSA) is 123 Å². The molecule has 1 rings (SSSR count). The van der Waals surface area contributed by atoms with Crippen LogP contribution in [-0.4, -0.2) is 64.3 Å². The van der Waals surface area contributed by atoms with Crippen molar-refractivity contribution in [3.05, 3.63) is 42.1 Å². The highest BCUT2D eigenvalue weighted by Gasteiger charge is 1.99. The Morgan fingerprint density at radius 1 is 0.952 bits per heavy atom. The first kappa shape index (κ1) is 19.5. The van der Waals surface area contributed by atoms with E-state index in [2.05, 4.69) is 0 Å². The van der Waals surface area contributed by atoms with E-state index in [-0.39, 0.29) is 26.4 Å². The fourth-order valence-corrected chi connectivity index (χ4v) is 1.10. The number of hydrogen-bond acceptors (Lipinski definition) is 8. The van der Waals surface area contributed by atoms with Gasteiger partial charge in [-0.15, -0.1) is 5.23 Å². The average molecular weight is 301 g/mol. The molecule has 0 radical (unpaired) electrons. The van der Waals surface area contributed by atoms with Crippen molar-refractivity contribution in [2.24, 2.45) is 0 Å². The SMILES string of the molecule is OB(O)O.OCCON(C=Cc1ccccc1)OCCO. The van der Waals surface area contributed by atoms with Crippen molar-refractivity contribution in [2.45, 2.75) is 0 Å². The van der Waals surface area contributed by atoms with Gasteiger partial charge in [-0.2, -0.15) is 0 Å². The second kappa shape index (κ2) is 13.5. The first-order chi connectivity index (χ1) is 10.1. The summed E-state index contributed by atoms with van der Waals surface area (Å²) in [5.74, 6) is 0. The van der Waals surface area contributed by atoms with Crippen LogP contribution in [0.4, 0.5) is 0 Å². The lowest BCUT2D eigenvalue weighted by molar-refractivity contribution is -0.339. The second-order valence-electron chi connectivity index (χ2n) is 3.47. The van der Waals surface area contributed by atoms with Crippen LogP contribution >= 0.6 is 0 Å². The molecule has 8 nitrogen and oxygen atoms in total. The van der Waals surface area contributed by atoms with Crippen LogP contribution < -0.4 is 0 Å². The van der Waals surface area contributed by atoms with Gasteiger partial charge in [0.2, 0.25) is 0 Å². The molecule has 0 unspecified atom stereocenters. The molecule has 0 heterocycles. The predicted molar refractivity (Wildman–Crippen MR) is 75.8 cm³/mol. The molecule has 0 bridgehead atoms. The zero-order valence-corrected chi connectivity index (χ0v) is 11.4. The number of nitrogens with zero attached hydrogens (tertiary/aromatic N) is 1. The molecular weight excluding hydrogens is 281 g/mol. The minimum absolute atomic E-state index is 0.0990. The molecule has 5 N–H and O–H groups in total. The van der Waals surface area contributed by atoms with Crippen LogP contribution in [0, 0.1) is 0 Å². The lowest BCUT2D eigenvalue weighted by Gasteiger charge is -2.17. The van der Waals surface area contributed by atoms with E-state index in [1.165, 1.54) is 0 Å². The molecule has 0 amide bonds. The average Bonchev–Trinajstić information content (AvgIpc) is 2.47. The number of rotatable bonds is 8. The summed E-state index contributed by atoms with van der Waals surface area (Å²) in [4.78, 5) is 10.2. The molecule has 118 valence electrons. The molecule has 0 saturated carbocycles. The van der Waals surface area contributed by atoms with Gasteiger partial charge >= 0.3 is 7.32 Å². The minimum Gasteiger partial charge on any atom is -0.402 e. The van der Waals surface area contributed by atoms with Crippen LogP contribution in [0.3, 0.4) is 0 Å². The van der Waals surface area contributed by atoms with E-state index >= 15 is 0 Å². The molecule has 1 aromatic carbocycles. The van der Waals surface area contributed by atoms with Gasteiger partial charge in [0, 0.05) is 0 Å². The van der Waals surface area contributed by atoms with Crippen molar-refractivity contribution in [3.8, 4) is 0 Å². The van der Waals surface area contributed by atoms with Crippen LogP contribution in [0.15, 0.2) is 36.5 Å². The lowest BCUT2D eigenvalue weighted by Crippen LogP contribution is -2.22. The third kappa shape index (κ3) is 13.3. The van der Waals surface area contributed by atoms with E-state index in [0.717, 1.165) is 10.8 Å². The van der Waals surface area contributed by atoms with Crippen molar-refractivity contribution >= 4 is 13.4 Å². The lowest BCUT2D eigenvalue weighted by atomic mass is 10.2. The van der Waals surface area contributed by atoms with Gasteiger partial charge in [-0.1, -0.05) is 30.3 Å². The maximum absolute atomic E-state index is 8.65. The molecule has 0 aliphatic carbocycles. The van der Waals surface area contributed by atoms with Gasteiger partial charge in [-0.25, -0.2) is 9.68 Å². The summed E-state index contributed by atoms with van der Waals surface area (Å²) in [5.41, 5.74) is 0.998. The first-order valence-electron chi connectivity index (χ1n) is 6.14. The molecule has 21 heavy (non-hydrogen) atoms. The molecule has 0 fully saturated rings. The van der Waals surface area contributed by atoms with Crippen LogP contribution in [0.5, 0.6) is 0 Å². The Labute approximate surface area is 123 Å². The van der Waals surface area contributed by atoms with Crippen molar-refractivity contribution in [2.75, 3.05) is 26.4 Å². The molecule has 0 aromatic heterocycles. The maximum atomic E-state index is 8.65. The standard InChI is InChI=1S/C12H17NO4.BH3O3/c14-8-10-16-13(17-11-9-15)7-6-12-4-2-1-3-5-12;2-1(3)4/h1-7,14-15H,8-11H2;2-4H. The summed E-state index contributed by atoms with van der Waals surface area (Å²) < 4.78 is 0. The number of aliphatic hydroxyl groups excluding tert-OH is 2. The summed E-state index contributed by atoms with van der Waals surface area (Å²) >= 11 is 0. The number of aliphatic hydroxyl groups is 2. The summed E-state index contributed by atoms with van der Waals surface area (Å²) in [5, 5.41) is 39.9. The Bertz CT molecular complexity index is 353. The molecule has 9 heteroatoms. The Morgan fingerprint density at radius 3 is 1.86 bits per heavy atom. The Morgan fingerprint density at radius 2 is 1.43 bits per heavy atom. The van der Waals surface area contributed by atoms with E-state index < -0.39 is 7.32 Å². The molecule has 0 aliphatic rings. The van der Waals surface area contributed by atoms with Crippen LogP contribution in [0.1, 0.15) is 5.56 Å². The Kier molecular flexibility index (Phi) is 12.6. The molecule has 1 aromatic rings. The largest absolute Gasteiger partial charge is 0.631 e. The Balaban J connectivity index is 0.000000885. The van der Waals surface area contributed by atoms with E-state index in [4.69, 9.17) is 35.0 Å². The van der Waals surface area contributed by atoms with Crippen LogP contribution in [0.2, 0.25) is 0 Å². The third-order valence-electron chi connectivity index (χ3n) is 1.81. The smallest absolute Gasteiger partial charge is 0.402 e. The van der Waals surface area contributed by atoms with Crippen molar-refractivity contribution in [1.29, 1.82) is 0 Å². The summed E-state index contributed by atoms with van der Waals surface area (Å²) in [6, 6.07) is 9.65. The van der Waals surface area contributed by atoms with Gasteiger partial charge in [0.05, 0.1) is 19.4 Å². The van der Waals surface area contributed by atoms with E-state index in [0.29, 0.717) is 0 Å². The van der Waals surface area contributed by atoms with Crippen LogP contribution in [0.25, 0.3) is 6.08 Å². The van der Waals surface area contributed by atoms with E-state index in [9.17, 15) is 0 Å². The number of benzene rings is 1. The normalized spacial score (nSPS) is 10.1. The van der Waals surface area contributed by atoms with Crippen LogP contribution in [-0.2, 0) is 9.68 Å². The summed E-state index contributed by atoms with van der Waals surface area (Å²) in [7, 11) is -2.17. The van der Waals surface area contributed by atoms with Crippen molar-refractivity contribution in [3.63, 3.8) is 0 Å². The highest BCUT2D eigenvalue weighted by Crippen LogP contribution is 2.03. The van der Waals surface area contributed by atoms with Crippen molar-refractivity contribution in [1.82, 2.24) is 5.23 Å². The monoisotopic (exact) mass is 301 g/mol. The van der Waals surface area contributed by atoms with Gasteiger partial charge in [0.15, 0.2) is 0 Å². The van der Waals surface area contributed by atoms with Gasteiger partial charge < -0.3 is 25.3 Å². The van der Waals surface area contributed by atoms with Gasteiger partial charge in [-0.3, -0.25) is 0 Å². The first-order valence-corrected chi connectivity index (χ1v) is 6.14. The minimum atomic E-state index is -2.17. The molecule has 0 atom stereocenters. The van der Waals surface area contributed by atoms with E-state index in [1.807, 2.05) is 30.3 Å². The number of hydroxylamine groups is 2. The van der Waals surface area contributed by atoms with E-state index in [1.54, 1.807) is 12.3 Å². The van der Waals surface area contributed by atoms with Gasteiger partial charge in [0.25, 0.3) is 0 Å². The third-order valence-corrected chi connectivity index (χ3v) is 1.81. The molecular formula is C12H20BNO7. The highest BCUT2D eigenvalue weighted by molar-refractivity contribution is 6.30.